The Kier molecular flexibility index (Phi) is 5.14. The zero-order chi connectivity index (χ0) is 11.3. The van der Waals surface area contributed by atoms with Crippen molar-refractivity contribution in [2.24, 2.45) is 5.41 Å². The first-order valence-electron chi connectivity index (χ1n) is 6.25. The summed E-state index contributed by atoms with van der Waals surface area (Å²) in [6.07, 6.45) is 4.00. The van der Waals surface area contributed by atoms with Crippen molar-refractivity contribution in [3.05, 3.63) is 0 Å². The van der Waals surface area contributed by atoms with Crippen LogP contribution < -0.4 is 0 Å². The quantitative estimate of drug-likeness (QED) is 0.637. The normalized spacial score (nSPS) is 20.7. The topological polar surface area (TPSA) is 6.48 Å². The Labute approximate surface area is 96.4 Å². The molecule has 2 radical (unpaired) electrons. The van der Waals surface area contributed by atoms with Crippen molar-refractivity contribution in [2.75, 3.05) is 32.7 Å². The summed E-state index contributed by atoms with van der Waals surface area (Å²) in [4.78, 5) is 4.48. The first kappa shape index (κ1) is 13.1. The molecule has 0 atom stereocenters. The predicted octanol–water partition coefficient (Wildman–Crippen LogP) is 1.90. The largest absolute Gasteiger partial charge is 0.351 e. The van der Waals surface area contributed by atoms with Crippen LogP contribution in [-0.4, -0.2) is 50.4 Å². The van der Waals surface area contributed by atoms with Crippen LogP contribution in [0.1, 0.15) is 40.0 Å². The molecule has 0 aromatic carbocycles. The van der Waals surface area contributed by atoms with Gasteiger partial charge in [0.2, 0.25) is 0 Å². The highest BCUT2D eigenvalue weighted by Crippen LogP contribution is 2.24. The monoisotopic (exact) mass is 208 g/mol. The number of rotatable bonds is 5. The van der Waals surface area contributed by atoms with Gasteiger partial charge >= 0.3 is 0 Å². The van der Waals surface area contributed by atoms with Gasteiger partial charge in [-0.05, 0) is 24.9 Å². The minimum atomic E-state index is 0.465. The summed E-state index contributed by atoms with van der Waals surface area (Å²) in [5, 5.41) is 0. The van der Waals surface area contributed by atoms with Crippen LogP contribution >= 0.6 is 0 Å². The highest BCUT2D eigenvalue weighted by Gasteiger charge is 2.23. The molecule has 1 rings (SSSR count). The highest BCUT2D eigenvalue weighted by atomic mass is 15.2. The van der Waals surface area contributed by atoms with Crippen LogP contribution in [0.15, 0.2) is 0 Å². The molecule has 0 aromatic rings. The molecule has 0 aromatic heterocycles. The Bertz CT molecular complexity index is 174. The summed E-state index contributed by atoms with van der Waals surface area (Å²) in [6, 6.07) is 0. The lowest BCUT2D eigenvalue weighted by molar-refractivity contribution is 0.126. The predicted molar refractivity (Wildman–Crippen MR) is 67.1 cm³/mol. The maximum absolute atomic E-state index is 5.75. The van der Waals surface area contributed by atoms with Gasteiger partial charge in [0.05, 0.1) is 0 Å². The number of hydrogen-bond acceptors (Lipinski definition) is 2. The van der Waals surface area contributed by atoms with E-state index in [9.17, 15) is 0 Å². The molecule has 1 heterocycles. The second kappa shape index (κ2) is 5.90. The van der Waals surface area contributed by atoms with Gasteiger partial charge in [-0.2, -0.15) is 0 Å². The third-order valence-electron chi connectivity index (χ3n) is 3.27. The van der Waals surface area contributed by atoms with Crippen LogP contribution in [0, 0.1) is 5.41 Å². The van der Waals surface area contributed by atoms with E-state index in [1.54, 1.807) is 0 Å². The molecule has 0 saturated carbocycles. The molecule has 15 heavy (non-hydrogen) atoms. The Morgan fingerprint density at radius 2 is 1.73 bits per heavy atom. The summed E-state index contributed by atoms with van der Waals surface area (Å²) in [5.74, 6) is 0. The van der Waals surface area contributed by atoms with Crippen molar-refractivity contribution in [1.29, 1.82) is 0 Å². The van der Waals surface area contributed by atoms with E-state index < -0.39 is 0 Å². The first-order valence-corrected chi connectivity index (χ1v) is 6.25. The third-order valence-corrected chi connectivity index (χ3v) is 3.27. The molecule has 0 bridgehead atoms. The van der Waals surface area contributed by atoms with Crippen molar-refractivity contribution in [3.63, 3.8) is 0 Å². The van der Waals surface area contributed by atoms with Gasteiger partial charge in [0.1, 0.15) is 0 Å². The van der Waals surface area contributed by atoms with Crippen molar-refractivity contribution in [1.82, 2.24) is 9.71 Å². The summed E-state index contributed by atoms with van der Waals surface area (Å²) >= 11 is 0. The molecule has 0 unspecified atom stereocenters. The molecule has 0 spiro atoms. The van der Waals surface area contributed by atoms with Gasteiger partial charge in [0, 0.05) is 19.6 Å². The molecule has 86 valence electrons. The average Bonchev–Trinajstić information content (AvgIpc) is 2.18. The van der Waals surface area contributed by atoms with Gasteiger partial charge < -0.3 is 9.71 Å². The van der Waals surface area contributed by atoms with Gasteiger partial charge in [0.15, 0.2) is 7.98 Å². The van der Waals surface area contributed by atoms with E-state index in [-0.39, 0.29) is 0 Å². The lowest BCUT2D eigenvalue weighted by Crippen LogP contribution is -2.48. The second-order valence-electron chi connectivity index (χ2n) is 5.58. The van der Waals surface area contributed by atoms with Gasteiger partial charge in [-0.3, -0.25) is 0 Å². The van der Waals surface area contributed by atoms with Crippen molar-refractivity contribution < 1.29 is 0 Å². The van der Waals surface area contributed by atoms with Gasteiger partial charge in [0.25, 0.3) is 0 Å². The minimum Gasteiger partial charge on any atom is -0.351 e. The molecule has 1 fully saturated rings. The van der Waals surface area contributed by atoms with Crippen LogP contribution in [-0.2, 0) is 0 Å². The fourth-order valence-corrected chi connectivity index (χ4v) is 2.26. The zero-order valence-corrected chi connectivity index (χ0v) is 10.6. The summed E-state index contributed by atoms with van der Waals surface area (Å²) in [5.41, 5.74) is 0.465. The fourth-order valence-electron chi connectivity index (χ4n) is 2.26. The molecular weight excluding hydrogens is 183 g/mol. The van der Waals surface area contributed by atoms with E-state index in [1.807, 2.05) is 4.81 Å². The molecule has 3 heteroatoms. The Hall–Kier alpha value is -0.0151. The number of piperazine rings is 1. The molecular formula is C12H25BN2. The molecule has 0 amide bonds. The van der Waals surface area contributed by atoms with E-state index in [2.05, 4.69) is 25.7 Å². The molecule has 1 saturated heterocycles. The average molecular weight is 208 g/mol. The number of nitrogens with zero attached hydrogens (tertiary/aromatic N) is 2. The highest BCUT2D eigenvalue weighted by molar-refractivity contribution is 6.04. The van der Waals surface area contributed by atoms with Crippen LogP contribution in [0.25, 0.3) is 0 Å². The van der Waals surface area contributed by atoms with E-state index in [0.717, 1.165) is 26.2 Å². The lowest BCUT2D eigenvalue weighted by atomic mass is 9.86. The Balaban J connectivity index is 2.27. The van der Waals surface area contributed by atoms with Crippen LogP contribution in [0.4, 0.5) is 0 Å². The van der Waals surface area contributed by atoms with E-state index in [4.69, 9.17) is 7.98 Å². The van der Waals surface area contributed by atoms with Gasteiger partial charge in [-0.1, -0.05) is 33.6 Å². The maximum Gasteiger partial charge on any atom is 0.182 e. The SMILES string of the molecule is [B]N1CCN(CC(C)(C)CCCC)CC1. The second-order valence-corrected chi connectivity index (χ2v) is 5.58. The first-order chi connectivity index (χ1) is 7.03. The number of hydrogen-bond donors (Lipinski definition) is 0. The van der Waals surface area contributed by atoms with Crippen LogP contribution in [0.3, 0.4) is 0 Å². The molecule has 2 nitrogen and oxygen atoms in total. The smallest absolute Gasteiger partial charge is 0.182 e. The fraction of sp³-hybridized carbons (Fsp3) is 1.00. The van der Waals surface area contributed by atoms with Crippen molar-refractivity contribution in [3.8, 4) is 0 Å². The molecule has 0 N–H and O–H groups in total. The van der Waals surface area contributed by atoms with Crippen LogP contribution in [0.2, 0.25) is 0 Å². The lowest BCUT2D eigenvalue weighted by Gasteiger charge is -2.38. The molecule has 0 aliphatic carbocycles. The summed E-state index contributed by atoms with van der Waals surface area (Å²) in [7, 11) is 5.75. The van der Waals surface area contributed by atoms with Crippen molar-refractivity contribution >= 4 is 7.98 Å². The van der Waals surface area contributed by atoms with Crippen molar-refractivity contribution in [2.45, 2.75) is 40.0 Å². The molecule has 1 aliphatic heterocycles. The molecule has 1 aliphatic rings. The maximum atomic E-state index is 5.75. The minimum absolute atomic E-state index is 0.465. The standard InChI is InChI=1S/C12H25BN2/c1-4-5-6-12(2,3)11-14-7-9-15(13)10-8-14/h4-11H2,1-3H3. The summed E-state index contributed by atoms with van der Waals surface area (Å²) < 4.78 is 0. The number of unbranched alkanes of at least 4 members (excludes halogenated alkanes) is 1. The van der Waals surface area contributed by atoms with E-state index >= 15 is 0 Å². The van der Waals surface area contributed by atoms with E-state index in [1.165, 1.54) is 25.8 Å². The third kappa shape index (κ3) is 5.03. The van der Waals surface area contributed by atoms with Gasteiger partial charge in [-0.25, -0.2) is 0 Å². The Morgan fingerprint density at radius 1 is 1.13 bits per heavy atom. The summed E-state index contributed by atoms with van der Waals surface area (Å²) in [6.45, 7) is 12.6. The van der Waals surface area contributed by atoms with E-state index in [0.29, 0.717) is 5.41 Å². The van der Waals surface area contributed by atoms with Gasteiger partial charge in [-0.15, -0.1) is 0 Å². The Morgan fingerprint density at radius 3 is 2.27 bits per heavy atom. The van der Waals surface area contributed by atoms with Crippen LogP contribution in [0.5, 0.6) is 0 Å². The zero-order valence-electron chi connectivity index (χ0n) is 10.6.